The van der Waals surface area contributed by atoms with E-state index in [1.165, 1.54) is 19.2 Å². The molecule has 1 aliphatic rings. The van der Waals surface area contributed by atoms with Crippen molar-refractivity contribution in [3.63, 3.8) is 0 Å². The van der Waals surface area contributed by atoms with Crippen molar-refractivity contribution in [2.75, 3.05) is 18.1 Å². The highest BCUT2D eigenvalue weighted by atomic mass is 127. The number of rotatable bonds is 5. The molecule has 1 aromatic carbocycles. The molecule has 1 heterocycles. The molecular weight excluding hydrogens is 388 g/mol. The fourth-order valence-electron chi connectivity index (χ4n) is 2.42. The van der Waals surface area contributed by atoms with E-state index >= 15 is 0 Å². The number of benzene rings is 1. The minimum absolute atomic E-state index is 0.0457. The Morgan fingerprint density at radius 3 is 2.62 bits per heavy atom. The predicted octanol–water partition coefficient (Wildman–Crippen LogP) is 3.38. The van der Waals surface area contributed by atoms with Gasteiger partial charge in [-0.3, -0.25) is 0 Å². The maximum atomic E-state index is 12.9. The van der Waals surface area contributed by atoms with E-state index < -0.39 is 0 Å². The van der Waals surface area contributed by atoms with Gasteiger partial charge < -0.3 is 14.4 Å². The minimum Gasteiger partial charge on any atom is -0.453 e. The summed E-state index contributed by atoms with van der Waals surface area (Å²) < 4.78 is 24.6. The Morgan fingerprint density at radius 2 is 2.05 bits per heavy atom. The predicted molar refractivity (Wildman–Crippen MR) is 86.0 cm³/mol. The Bertz CT molecular complexity index is 468. The molecule has 1 amide bonds. The second kappa shape index (κ2) is 7.93. The molecule has 2 rings (SSSR count). The third-order valence-corrected chi connectivity index (χ3v) is 4.49. The molecule has 1 aliphatic heterocycles. The Labute approximate surface area is 137 Å². The highest BCUT2D eigenvalue weighted by Crippen LogP contribution is 2.23. The molecular formula is C15H19FINO3. The van der Waals surface area contributed by atoms with Crippen molar-refractivity contribution in [1.82, 2.24) is 4.90 Å². The molecule has 0 bridgehead atoms. The average molecular weight is 407 g/mol. The zero-order chi connectivity index (χ0) is 15.2. The van der Waals surface area contributed by atoms with Gasteiger partial charge in [-0.25, -0.2) is 9.18 Å². The van der Waals surface area contributed by atoms with Crippen molar-refractivity contribution in [2.45, 2.75) is 31.6 Å². The molecule has 6 heteroatoms. The van der Waals surface area contributed by atoms with Gasteiger partial charge in [-0.15, -0.1) is 0 Å². The molecule has 0 aliphatic carbocycles. The van der Waals surface area contributed by atoms with Gasteiger partial charge in [-0.05, 0) is 30.5 Å². The molecule has 0 N–H and O–H groups in total. The molecule has 0 aromatic heterocycles. The van der Waals surface area contributed by atoms with Crippen molar-refractivity contribution in [1.29, 1.82) is 0 Å². The first-order chi connectivity index (χ1) is 10.1. The summed E-state index contributed by atoms with van der Waals surface area (Å²) in [5.74, 6) is -0.285. The molecule has 21 heavy (non-hydrogen) atoms. The monoisotopic (exact) mass is 407 g/mol. The summed E-state index contributed by atoms with van der Waals surface area (Å²) in [5, 5.41) is 0. The van der Waals surface area contributed by atoms with Crippen LogP contribution in [0.2, 0.25) is 0 Å². The summed E-state index contributed by atoms with van der Waals surface area (Å²) >= 11 is 2.31. The summed E-state index contributed by atoms with van der Waals surface area (Å²) in [5.41, 5.74) is 0.866. The zero-order valence-electron chi connectivity index (χ0n) is 11.9. The third-order valence-electron chi connectivity index (χ3n) is 3.51. The molecule has 0 spiro atoms. The van der Waals surface area contributed by atoms with Crippen LogP contribution < -0.4 is 0 Å². The van der Waals surface area contributed by atoms with E-state index in [9.17, 15) is 9.18 Å². The van der Waals surface area contributed by atoms with Crippen LogP contribution in [0.15, 0.2) is 24.3 Å². The van der Waals surface area contributed by atoms with Crippen molar-refractivity contribution in [3.8, 4) is 0 Å². The summed E-state index contributed by atoms with van der Waals surface area (Å²) in [6, 6.07) is 6.13. The lowest BCUT2D eigenvalue weighted by Gasteiger charge is -2.24. The Balaban J connectivity index is 1.98. The van der Waals surface area contributed by atoms with Crippen molar-refractivity contribution in [2.24, 2.45) is 0 Å². The van der Waals surface area contributed by atoms with Crippen molar-refractivity contribution < 1.29 is 18.7 Å². The number of methoxy groups -OCH3 is 1. The largest absolute Gasteiger partial charge is 0.453 e. The van der Waals surface area contributed by atoms with Crippen molar-refractivity contribution >= 4 is 28.7 Å². The van der Waals surface area contributed by atoms with E-state index in [1.54, 1.807) is 17.0 Å². The Morgan fingerprint density at radius 1 is 1.38 bits per heavy atom. The maximum absolute atomic E-state index is 12.9. The highest BCUT2D eigenvalue weighted by Gasteiger charge is 2.28. The number of ether oxygens (including phenoxy) is 2. The number of carbonyl (C=O) groups is 1. The molecule has 0 saturated carbocycles. The highest BCUT2D eigenvalue weighted by molar-refractivity contribution is 14.1. The smallest absolute Gasteiger partial charge is 0.409 e. The quantitative estimate of drug-likeness (QED) is 0.555. The Kier molecular flexibility index (Phi) is 6.22. The van der Waals surface area contributed by atoms with Gasteiger partial charge in [-0.1, -0.05) is 34.7 Å². The first kappa shape index (κ1) is 16.5. The van der Waals surface area contributed by atoms with E-state index in [2.05, 4.69) is 22.6 Å². The van der Waals surface area contributed by atoms with E-state index in [0.717, 1.165) is 22.8 Å². The zero-order valence-corrected chi connectivity index (χ0v) is 14.1. The van der Waals surface area contributed by atoms with Crippen LogP contribution in [-0.4, -0.2) is 41.3 Å². The topological polar surface area (TPSA) is 38.8 Å². The fraction of sp³-hybridized carbons (Fsp3) is 0.533. The number of hydrogen-bond donors (Lipinski definition) is 0. The van der Waals surface area contributed by atoms with Gasteiger partial charge in [0.25, 0.3) is 0 Å². The Hall–Kier alpha value is -0.890. The third kappa shape index (κ3) is 4.81. The maximum Gasteiger partial charge on any atom is 0.409 e. The lowest BCUT2D eigenvalue weighted by atomic mass is 10.1. The molecule has 1 fully saturated rings. The number of carbonyl (C=O) groups excluding carboxylic acids is 1. The van der Waals surface area contributed by atoms with Crippen LogP contribution in [0.4, 0.5) is 9.18 Å². The lowest BCUT2D eigenvalue weighted by molar-refractivity contribution is 0.0308. The number of alkyl halides is 1. The van der Waals surface area contributed by atoms with Gasteiger partial charge in [-0.2, -0.15) is 0 Å². The molecule has 1 aromatic rings. The summed E-state index contributed by atoms with van der Waals surface area (Å²) in [6.07, 6.45) is 1.91. The summed E-state index contributed by atoms with van der Waals surface area (Å²) in [4.78, 5) is 13.5. The first-order valence-electron chi connectivity index (χ1n) is 6.91. The fourth-order valence-corrected chi connectivity index (χ4v) is 3.06. The van der Waals surface area contributed by atoms with Gasteiger partial charge in [0.1, 0.15) is 5.82 Å². The number of amides is 1. The van der Waals surface area contributed by atoms with E-state index in [4.69, 9.17) is 9.47 Å². The number of hydrogen-bond acceptors (Lipinski definition) is 3. The second-order valence-corrected chi connectivity index (χ2v) is 5.97. The van der Waals surface area contributed by atoms with Gasteiger partial charge in [0, 0.05) is 11.0 Å². The van der Waals surface area contributed by atoms with E-state index in [0.29, 0.717) is 13.1 Å². The van der Waals surface area contributed by atoms with Gasteiger partial charge in [0.15, 0.2) is 0 Å². The lowest BCUT2D eigenvalue weighted by Crippen LogP contribution is -2.37. The molecule has 2 atom stereocenters. The molecule has 116 valence electrons. The van der Waals surface area contributed by atoms with Crippen LogP contribution in [0, 0.1) is 5.82 Å². The van der Waals surface area contributed by atoms with Crippen LogP contribution in [0.3, 0.4) is 0 Å². The standard InChI is InChI=1S/C15H19FINO3/c1-20-15(19)18(9-11-2-4-12(16)5-3-11)10-14-7-6-13(8-17)21-14/h2-5,13-14H,6-10H2,1H3. The minimum atomic E-state index is -0.388. The van der Waals surface area contributed by atoms with Gasteiger partial charge in [0.2, 0.25) is 0 Å². The van der Waals surface area contributed by atoms with Crippen molar-refractivity contribution in [3.05, 3.63) is 35.6 Å². The van der Waals surface area contributed by atoms with Gasteiger partial charge >= 0.3 is 6.09 Å². The van der Waals surface area contributed by atoms with Crippen LogP contribution in [0.25, 0.3) is 0 Å². The first-order valence-corrected chi connectivity index (χ1v) is 8.43. The van der Waals surface area contributed by atoms with Crippen LogP contribution in [-0.2, 0) is 16.0 Å². The summed E-state index contributed by atoms with van der Waals surface area (Å²) in [6.45, 7) is 0.888. The van der Waals surface area contributed by atoms with Crippen LogP contribution >= 0.6 is 22.6 Å². The van der Waals surface area contributed by atoms with E-state index in [1.807, 2.05) is 0 Å². The molecule has 1 saturated heterocycles. The van der Waals surface area contributed by atoms with E-state index in [-0.39, 0.29) is 24.1 Å². The SMILES string of the molecule is COC(=O)N(Cc1ccc(F)cc1)CC1CCC(CI)O1. The number of halogens is 2. The summed E-state index contributed by atoms with van der Waals surface area (Å²) in [7, 11) is 1.36. The molecule has 0 radical (unpaired) electrons. The van der Waals surface area contributed by atoms with Gasteiger partial charge in [0.05, 0.1) is 25.9 Å². The van der Waals surface area contributed by atoms with Crippen LogP contribution in [0.1, 0.15) is 18.4 Å². The number of nitrogens with zero attached hydrogens (tertiary/aromatic N) is 1. The van der Waals surface area contributed by atoms with Crippen LogP contribution in [0.5, 0.6) is 0 Å². The average Bonchev–Trinajstić information content (AvgIpc) is 2.95. The normalized spacial score (nSPS) is 21.3. The molecule has 4 nitrogen and oxygen atoms in total. The second-order valence-electron chi connectivity index (χ2n) is 5.09. The molecule has 2 unspecified atom stereocenters.